The molecule has 2 aromatic carbocycles. The first-order valence-corrected chi connectivity index (χ1v) is 12.9. The van der Waals surface area contributed by atoms with E-state index in [-0.39, 0.29) is 23.7 Å². The molecule has 0 aliphatic carbocycles. The maximum Gasteiger partial charge on any atom is 0.271 e. The van der Waals surface area contributed by atoms with E-state index in [2.05, 4.69) is 19.2 Å². The van der Waals surface area contributed by atoms with Crippen molar-refractivity contribution in [3.8, 4) is 5.75 Å². The molecule has 10 heteroatoms. The average molecular weight is 492 g/mol. The van der Waals surface area contributed by atoms with Crippen molar-refractivity contribution >= 4 is 27.3 Å². The Kier molecular flexibility index (Phi) is 8.66. The van der Waals surface area contributed by atoms with Crippen LogP contribution < -0.4 is 14.4 Å². The fraction of sp³-hybridized carbons (Fsp3) is 0.458. The number of amides is 1. The van der Waals surface area contributed by atoms with Crippen molar-refractivity contribution in [2.24, 2.45) is 0 Å². The number of aryl methyl sites for hydroxylation is 1. The number of carbonyl (C=O) groups is 1. The topological polar surface area (TPSA) is 119 Å². The smallest absolute Gasteiger partial charge is 0.271 e. The Morgan fingerprint density at radius 2 is 1.82 bits per heavy atom. The van der Waals surface area contributed by atoms with E-state index in [4.69, 9.17) is 4.74 Å². The number of carbonyl (C=O) groups excluding carboxylic acids is 1. The zero-order valence-corrected chi connectivity index (χ0v) is 21.5. The molecule has 34 heavy (non-hydrogen) atoms. The number of nitro groups is 1. The second kappa shape index (κ2) is 10.9. The molecule has 0 spiro atoms. The number of rotatable bonds is 10. The lowest BCUT2D eigenvalue weighted by Crippen LogP contribution is -2.49. The average Bonchev–Trinajstić information content (AvgIpc) is 2.75. The van der Waals surface area contributed by atoms with Gasteiger partial charge in [-0.05, 0) is 61.1 Å². The summed E-state index contributed by atoms with van der Waals surface area (Å²) in [6.45, 7) is 9.56. The number of ether oxygens (including phenoxy) is 1. The van der Waals surface area contributed by atoms with E-state index in [0.29, 0.717) is 0 Å². The SMILES string of the molecule is CC[C@@H](C(=O)N[C@@H](C)c1cc(C(C)C)c(OC)cc1C)N(c1cccc([N+](=O)[O-])c1)S(C)(=O)=O. The van der Waals surface area contributed by atoms with Crippen molar-refractivity contribution in [2.45, 2.75) is 59.0 Å². The van der Waals surface area contributed by atoms with Gasteiger partial charge in [0.25, 0.3) is 5.69 Å². The minimum atomic E-state index is -3.92. The number of methoxy groups -OCH3 is 1. The molecule has 0 saturated carbocycles. The second-order valence-electron chi connectivity index (χ2n) is 8.60. The predicted octanol–water partition coefficient (Wildman–Crippen LogP) is 4.46. The van der Waals surface area contributed by atoms with Crippen molar-refractivity contribution in [1.29, 1.82) is 0 Å². The summed E-state index contributed by atoms with van der Waals surface area (Å²) in [6, 6.07) is 7.70. The maximum atomic E-state index is 13.3. The molecule has 0 fully saturated rings. The lowest BCUT2D eigenvalue weighted by Gasteiger charge is -2.31. The minimum Gasteiger partial charge on any atom is -0.496 e. The fourth-order valence-electron chi connectivity index (χ4n) is 4.00. The van der Waals surface area contributed by atoms with Gasteiger partial charge in [0.05, 0.1) is 30.0 Å². The molecule has 1 amide bonds. The first-order chi connectivity index (χ1) is 15.8. The van der Waals surface area contributed by atoms with Gasteiger partial charge in [-0.3, -0.25) is 19.2 Å². The number of hydrogen-bond acceptors (Lipinski definition) is 6. The lowest BCUT2D eigenvalue weighted by molar-refractivity contribution is -0.384. The summed E-state index contributed by atoms with van der Waals surface area (Å²) in [7, 11) is -2.30. The highest BCUT2D eigenvalue weighted by atomic mass is 32.2. The lowest BCUT2D eigenvalue weighted by atomic mass is 9.93. The number of nitrogens with one attached hydrogen (secondary N) is 1. The van der Waals surface area contributed by atoms with Crippen molar-refractivity contribution in [3.63, 3.8) is 0 Å². The third kappa shape index (κ3) is 6.05. The summed E-state index contributed by atoms with van der Waals surface area (Å²) < 4.78 is 31.8. The molecule has 9 nitrogen and oxygen atoms in total. The standard InChI is InChI=1S/C24H33N3O6S/c1-8-22(26(34(7,31)32)18-10-9-11-19(13-18)27(29)30)24(28)25-17(5)21-14-20(15(2)3)23(33-6)12-16(21)4/h9-15,17,22H,8H2,1-7H3,(H,25,28)/t17-,22-/m0/s1. The van der Waals surface area contributed by atoms with Gasteiger partial charge in [0.2, 0.25) is 15.9 Å². The molecular formula is C24H33N3O6S. The maximum absolute atomic E-state index is 13.3. The van der Waals surface area contributed by atoms with Crippen LogP contribution in [0.1, 0.15) is 62.8 Å². The molecule has 2 atom stereocenters. The molecule has 2 rings (SSSR count). The van der Waals surface area contributed by atoms with Crippen LogP contribution in [0.3, 0.4) is 0 Å². The number of non-ortho nitro benzene ring substituents is 1. The van der Waals surface area contributed by atoms with E-state index in [9.17, 15) is 23.3 Å². The molecule has 2 aromatic rings. The predicted molar refractivity (Wildman–Crippen MR) is 133 cm³/mol. The Labute approximate surface area is 201 Å². The zero-order valence-electron chi connectivity index (χ0n) is 20.7. The quantitative estimate of drug-likeness (QED) is 0.387. The van der Waals surface area contributed by atoms with Crippen LogP contribution in [-0.4, -0.2) is 38.7 Å². The monoisotopic (exact) mass is 491 g/mol. The Bertz CT molecular complexity index is 1160. The fourth-order valence-corrected chi connectivity index (χ4v) is 5.21. The number of nitro benzene ring substituents is 1. The molecule has 1 N–H and O–H groups in total. The summed E-state index contributed by atoms with van der Waals surface area (Å²) in [5, 5.41) is 14.1. The summed E-state index contributed by atoms with van der Waals surface area (Å²) in [4.78, 5) is 23.9. The molecule has 0 aromatic heterocycles. The van der Waals surface area contributed by atoms with Crippen LogP contribution in [0.4, 0.5) is 11.4 Å². The summed E-state index contributed by atoms with van der Waals surface area (Å²) in [5.74, 6) is 0.485. The van der Waals surface area contributed by atoms with Crippen LogP contribution in [0.25, 0.3) is 0 Å². The van der Waals surface area contributed by atoms with Gasteiger partial charge in [-0.1, -0.05) is 26.8 Å². The van der Waals surface area contributed by atoms with Gasteiger partial charge in [-0.15, -0.1) is 0 Å². The molecule has 0 heterocycles. The van der Waals surface area contributed by atoms with Crippen LogP contribution in [0.15, 0.2) is 36.4 Å². The summed E-state index contributed by atoms with van der Waals surface area (Å²) in [5.41, 5.74) is 2.64. The van der Waals surface area contributed by atoms with Gasteiger partial charge in [0.1, 0.15) is 11.8 Å². The van der Waals surface area contributed by atoms with Crippen molar-refractivity contribution in [3.05, 3.63) is 63.2 Å². The van der Waals surface area contributed by atoms with Gasteiger partial charge in [-0.2, -0.15) is 0 Å². The molecule has 186 valence electrons. The Balaban J connectivity index is 2.43. The molecule has 0 unspecified atom stereocenters. The number of hydrogen-bond donors (Lipinski definition) is 1. The van der Waals surface area contributed by atoms with Gasteiger partial charge in [0.15, 0.2) is 0 Å². The summed E-state index contributed by atoms with van der Waals surface area (Å²) in [6.07, 6.45) is 1.15. The molecule has 0 radical (unpaired) electrons. The number of benzene rings is 2. The highest BCUT2D eigenvalue weighted by Crippen LogP contribution is 2.32. The molecular weight excluding hydrogens is 458 g/mol. The highest BCUT2D eigenvalue weighted by Gasteiger charge is 2.33. The molecule has 0 aliphatic rings. The van der Waals surface area contributed by atoms with E-state index < -0.39 is 32.9 Å². The van der Waals surface area contributed by atoms with Crippen LogP contribution in [-0.2, 0) is 14.8 Å². The van der Waals surface area contributed by atoms with Gasteiger partial charge in [-0.25, -0.2) is 8.42 Å². The molecule has 0 saturated heterocycles. The third-order valence-electron chi connectivity index (χ3n) is 5.69. The van der Waals surface area contributed by atoms with E-state index in [1.165, 1.54) is 18.2 Å². The van der Waals surface area contributed by atoms with Crippen LogP contribution in [0.2, 0.25) is 0 Å². The molecule has 0 bridgehead atoms. The number of anilines is 1. The van der Waals surface area contributed by atoms with Gasteiger partial charge < -0.3 is 10.1 Å². The van der Waals surface area contributed by atoms with Crippen LogP contribution in [0, 0.1) is 17.0 Å². The second-order valence-corrected chi connectivity index (χ2v) is 10.5. The highest BCUT2D eigenvalue weighted by molar-refractivity contribution is 7.92. The van der Waals surface area contributed by atoms with Gasteiger partial charge in [0, 0.05) is 12.1 Å². The number of sulfonamides is 1. The zero-order chi connectivity index (χ0) is 25.8. The van der Waals surface area contributed by atoms with E-state index in [1.54, 1.807) is 14.0 Å². The summed E-state index contributed by atoms with van der Waals surface area (Å²) >= 11 is 0. The van der Waals surface area contributed by atoms with Crippen molar-refractivity contribution in [1.82, 2.24) is 5.32 Å². The third-order valence-corrected chi connectivity index (χ3v) is 6.87. The number of nitrogens with zero attached hydrogens (tertiary/aromatic N) is 2. The Hall–Kier alpha value is -3.14. The Morgan fingerprint density at radius 3 is 2.32 bits per heavy atom. The van der Waals surface area contributed by atoms with E-state index in [1.807, 2.05) is 26.0 Å². The Morgan fingerprint density at radius 1 is 1.18 bits per heavy atom. The van der Waals surface area contributed by atoms with Crippen LogP contribution in [0.5, 0.6) is 5.75 Å². The van der Waals surface area contributed by atoms with E-state index >= 15 is 0 Å². The first-order valence-electron chi connectivity index (χ1n) is 11.0. The normalized spacial score (nSPS) is 13.3. The first kappa shape index (κ1) is 27.1. The van der Waals surface area contributed by atoms with E-state index in [0.717, 1.165) is 39.1 Å². The van der Waals surface area contributed by atoms with Crippen molar-refractivity contribution < 1.29 is 22.9 Å². The van der Waals surface area contributed by atoms with Crippen LogP contribution >= 0.6 is 0 Å². The van der Waals surface area contributed by atoms with Crippen molar-refractivity contribution in [2.75, 3.05) is 17.7 Å². The van der Waals surface area contributed by atoms with Gasteiger partial charge >= 0.3 is 0 Å². The minimum absolute atomic E-state index is 0.0640. The molecule has 0 aliphatic heterocycles. The largest absolute Gasteiger partial charge is 0.496 e.